The van der Waals surface area contributed by atoms with Crippen LogP contribution in [0.1, 0.15) is 29.9 Å². The number of halogens is 2. The van der Waals surface area contributed by atoms with Gasteiger partial charge in [-0.25, -0.2) is 9.78 Å². The van der Waals surface area contributed by atoms with Crippen LogP contribution in [0.25, 0.3) is 0 Å². The van der Waals surface area contributed by atoms with Crippen LogP contribution >= 0.6 is 23.2 Å². The van der Waals surface area contributed by atoms with E-state index in [2.05, 4.69) is 10.3 Å². The van der Waals surface area contributed by atoms with E-state index in [1.54, 1.807) is 13.0 Å². The number of rotatable bonds is 7. The summed E-state index contributed by atoms with van der Waals surface area (Å²) in [4.78, 5) is 28.3. The minimum Gasteiger partial charge on any atom is -0.493 e. The lowest BCUT2D eigenvalue weighted by atomic mass is 10.2. The summed E-state index contributed by atoms with van der Waals surface area (Å²) >= 11 is 11.9. The van der Waals surface area contributed by atoms with Gasteiger partial charge in [-0.3, -0.25) is 4.79 Å². The van der Waals surface area contributed by atoms with E-state index >= 15 is 0 Å². The van der Waals surface area contributed by atoms with Gasteiger partial charge < -0.3 is 19.5 Å². The number of amides is 1. The number of methoxy groups -OCH3 is 1. The summed E-state index contributed by atoms with van der Waals surface area (Å²) in [6.45, 7) is 4.92. The topological polar surface area (TPSA) is 86.8 Å². The number of carbonyl (C=O) groups excluding carboxylic acids is 2. The highest BCUT2D eigenvalue weighted by Crippen LogP contribution is 2.29. The van der Waals surface area contributed by atoms with Crippen molar-refractivity contribution < 1.29 is 23.8 Å². The highest BCUT2D eigenvalue weighted by Gasteiger charge is 2.16. The van der Waals surface area contributed by atoms with Crippen LogP contribution in [-0.2, 0) is 9.53 Å². The molecule has 0 radical (unpaired) electrons. The Morgan fingerprint density at radius 3 is 2.50 bits per heavy atom. The number of benzene rings is 1. The van der Waals surface area contributed by atoms with Crippen molar-refractivity contribution >= 4 is 40.9 Å². The molecule has 0 aliphatic carbocycles. The first kappa shape index (κ1) is 21.8. The molecular formula is C19H20Cl2N2O5. The predicted octanol–water partition coefficient (Wildman–Crippen LogP) is 4.29. The predicted molar refractivity (Wildman–Crippen MR) is 107 cm³/mol. The molecule has 150 valence electrons. The molecule has 1 N–H and O–H groups in total. The number of pyridine rings is 1. The van der Waals surface area contributed by atoms with Gasteiger partial charge in [0.1, 0.15) is 0 Å². The number of hydrogen-bond acceptors (Lipinski definition) is 6. The Bertz CT molecular complexity index is 887. The van der Waals surface area contributed by atoms with Crippen molar-refractivity contribution in [2.24, 2.45) is 0 Å². The second-order valence-corrected chi connectivity index (χ2v) is 6.86. The summed E-state index contributed by atoms with van der Waals surface area (Å²) < 4.78 is 15.9. The fourth-order valence-corrected chi connectivity index (χ4v) is 2.58. The Morgan fingerprint density at radius 1 is 1.14 bits per heavy atom. The van der Waals surface area contributed by atoms with Crippen molar-refractivity contribution in [2.75, 3.05) is 19.0 Å². The Balaban J connectivity index is 2.00. The van der Waals surface area contributed by atoms with E-state index in [9.17, 15) is 9.59 Å². The maximum Gasteiger partial charge on any atom is 0.338 e. The summed E-state index contributed by atoms with van der Waals surface area (Å²) in [6.07, 6.45) is -0.0488. The van der Waals surface area contributed by atoms with Gasteiger partial charge in [-0.2, -0.15) is 0 Å². The number of ether oxygens (including phenoxy) is 3. The van der Waals surface area contributed by atoms with Crippen molar-refractivity contribution in [2.45, 2.75) is 26.9 Å². The quantitative estimate of drug-likeness (QED) is 0.664. The van der Waals surface area contributed by atoms with Crippen molar-refractivity contribution in [3.05, 3.63) is 45.6 Å². The molecule has 2 aromatic rings. The monoisotopic (exact) mass is 426 g/mol. The normalized spacial score (nSPS) is 10.5. The maximum atomic E-state index is 12.2. The minimum atomic E-state index is -0.684. The summed E-state index contributed by atoms with van der Waals surface area (Å²) in [6, 6.07) is 6.09. The molecule has 0 unspecified atom stereocenters. The van der Waals surface area contributed by atoms with Gasteiger partial charge in [0.25, 0.3) is 5.91 Å². The lowest BCUT2D eigenvalue weighted by Gasteiger charge is -2.14. The molecule has 0 aliphatic rings. The molecule has 1 amide bonds. The number of nitrogens with zero attached hydrogens (tertiary/aromatic N) is 1. The molecule has 28 heavy (non-hydrogen) atoms. The largest absolute Gasteiger partial charge is 0.493 e. The SMILES string of the molecule is COc1cc(C(=O)OCC(=O)Nc2nc(C)c(Cl)cc2Cl)ccc1OC(C)C. The molecule has 0 aliphatic heterocycles. The number of nitrogens with one attached hydrogen (secondary N) is 1. The summed E-state index contributed by atoms with van der Waals surface area (Å²) in [7, 11) is 1.47. The van der Waals surface area contributed by atoms with Crippen LogP contribution in [-0.4, -0.2) is 36.7 Å². The third-order valence-corrected chi connectivity index (χ3v) is 4.13. The van der Waals surface area contributed by atoms with Gasteiger partial charge in [0.2, 0.25) is 0 Å². The van der Waals surface area contributed by atoms with E-state index in [4.69, 9.17) is 37.4 Å². The van der Waals surface area contributed by atoms with Crippen molar-refractivity contribution in [3.8, 4) is 11.5 Å². The fraction of sp³-hybridized carbons (Fsp3) is 0.316. The number of esters is 1. The van der Waals surface area contributed by atoms with Crippen LogP contribution in [0.4, 0.5) is 5.82 Å². The van der Waals surface area contributed by atoms with Crippen molar-refractivity contribution in [1.29, 1.82) is 0 Å². The average molecular weight is 427 g/mol. The third-order valence-electron chi connectivity index (χ3n) is 3.46. The van der Waals surface area contributed by atoms with Gasteiger partial charge in [-0.05, 0) is 45.0 Å². The number of carbonyl (C=O) groups is 2. The van der Waals surface area contributed by atoms with Crippen LogP contribution in [0.2, 0.25) is 10.0 Å². The maximum absolute atomic E-state index is 12.2. The Hall–Kier alpha value is -2.51. The lowest BCUT2D eigenvalue weighted by molar-refractivity contribution is -0.119. The second kappa shape index (κ2) is 9.61. The minimum absolute atomic E-state index is 0.0488. The molecule has 9 heteroatoms. The van der Waals surface area contributed by atoms with Crippen LogP contribution in [0.5, 0.6) is 11.5 Å². The zero-order valence-electron chi connectivity index (χ0n) is 15.8. The zero-order chi connectivity index (χ0) is 20.8. The van der Waals surface area contributed by atoms with E-state index in [1.165, 1.54) is 25.3 Å². The smallest absolute Gasteiger partial charge is 0.338 e. The molecule has 1 aromatic carbocycles. The van der Waals surface area contributed by atoms with Crippen LogP contribution in [0.3, 0.4) is 0 Å². The van der Waals surface area contributed by atoms with Crippen LogP contribution in [0, 0.1) is 6.92 Å². The van der Waals surface area contributed by atoms with E-state index in [0.717, 1.165) is 0 Å². The molecule has 0 bridgehead atoms. The average Bonchev–Trinajstić information content (AvgIpc) is 2.64. The molecule has 0 fully saturated rings. The zero-order valence-corrected chi connectivity index (χ0v) is 17.4. The van der Waals surface area contributed by atoms with Gasteiger partial charge in [-0.1, -0.05) is 23.2 Å². The van der Waals surface area contributed by atoms with Crippen molar-refractivity contribution in [3.63, 3.8) is 0 Å². The Labute approximate surface area is 172 Å². The molecule has 1 aromatic heterocycles. The highest BCUT2D eigenvalue weighted by atomic mass is 35.5. The molecule has 0 saturated carbocycles. The lowest BCUT2D eigenvalue weighted by Crippen LogP contribution is -2.22. The first-order valence-corrected chi connectivity index (χ1v) is 9.11. The number of aryl methyl sites for hydroxylation is 1. The van der Waals surface area contributed by atoms with Gasteiger partial charge in [0.15, 0.2) is 23.9 Å². The first-order chi connectivity index (χ1) is 13.2. The summed E-state index contributed by atoms with van der Waals surface area (Å²) in [5, 5.41) is 3.04. The molecule has 0 atom stereocenters. The molecule has 0 saturated heterocycles. The number of hydrogen-bond donors (Lipinski definition) is 1. The van der Waals surface area contributed by atoms with E-state index in [1.807, 2.05) is 13.8 Å². The Kier molecular flexibility index (Phi) is 7.48. The molecule has 0 spiro atoms. The second-order valence-electron chi connectivity index (χ2n) is 6.04. The molecule has 1 heterocycles. The number of aromatic nitrogens is 1. The third kappa shape index (κ3) is 5.74. The fourth-order valence-electron chi connectivity index (χ4n) is 2.17. The first-order valence-electron chi connectivity index (χ1n) is 8.35. The molecular weight excluding hydrogens is 407 g/mol. The standard InChI is InChI=1S/C19H20Cl2N2O5/c1-10(2)28-15-6-5-12(7-16(15)26-4)19(25)27-9-17(24)23-18-14(21)8-13(20)11(3)22-18/h5-8,10H,9H2,1-4H3,(H,22,23,24). The highest BCUT2D eigenvalue weighted by molar-refractivity contribution is 6.36. The van der Waals surface area contributed by atoms with Gasteiger partial charge in [0, 0.05) is 0 Å². The van der Waals surface area contributed by atoms with Crippen molar-refractivity contribution in [1.82, 2.24) is 4.98 Å². The van der Waals surface area contributed by atoms with Gasteiger partial charge in [-0.15, -0.1) is 0 Å². The Morgan fingerprint density at radius 2 is 1.86 bits per heavy atom. The van der Waals surface area contributed by atoms with Crippen LogP contribution < -0.4 is 14.8 Å². The summed E-state index contributed by atoms with van der Waals surface area (Å²) in [5.74, 6) is -0.237. The van der Waals surface area contributed by atoms with Crippen LogP contribution in [0.15, 0.2) is 24.3 Å². The molecule has 2 rings (SSSR count). The van der Waals surface area contributed by atoms with Gasteiger partial charge in [0.05, 0.1) is 34.5 Å². The van der Waals surface area contributed by atoms with E-state index < -0.39 is 18.5 Å². The molecule has 7 nitrogen and oxygen atoms in total. The van der Waals surface area contributed by atoms with Gasteiger partial charge >= 0.3 is 5.97 Å². The summed E-state index contributed by atoms with van der Waals surface area (Å²) in [5.41, 5.74) is 0.730. The van der Waals surface area contributed by atoms with E-state index in [0.29, 0.717) is 22.2 Å². The number of anilines is 1. The van der Waals surface area contributed by atoms with E-state index in [-0.39, 0.29) is 22.5 Å².